The molecule has 1 aromatic rings. The van der Waals surface area contributed by atoms with E-state index in [9.17, 15) is 13.9 Å². The third-order valence-corrected chi connectivity index (χ3v) is 6.74. The molecule has 0 unspecified atom stereocenters. The van der Waals surface area contributed by atoms with Crippen molar-refractivity contribution in [3.8, 4) is 6.07 Å². The molecule has 1 aliphatic carbocycles. The van der Waals surface area contributed by atoms with Gasteiger partial charge in [-0.25, -0.2) is 4.39 Å². The molecule has 1 aromatic heterocycles. The Morgan fingerprint density at radius 3 is 2.55 bits per heavy atom. The summed E-state index contributed by atoms with van der Waals surface area (Å²) < 4.78 is 27.2. The second-order valence-corrected chi connectivity index (χ2v) is 10.5. The maximum Gasteiger partial charge on any atom is 0.146 e. The van der Waals surface area contributed by atoms with Crippen LogP contribution in [0.2, 0.25) is 0 Å². The van der Waals surface area contributed by atoms with Crippen molar-refractivity contribution in [2.45, 2.75) is 50.7 Å². The molecule has 0 aromatic carbocycles. The van der Waals surface area contributed by atoms with Crippen LogP contribution >= 0.6 is 15.9 Å². The van der Waals surface area contributed by atoms with Crippen LogP contribution < -0.4 is 0 Å². The molecular formula is C16H20BrFN2OS. The number of nitriles is 1. The third kappa shape index (κ3) is 3.26. The Bertz CT molecular complexity index is 657. The topological polar surface area (TPSA) is 53.8 Å². The first-order valence-electron chi connectivity index (χ1n) is 7.13. The molecule has 6 heteroatoms. The van der Waals surface area contributed by atoms with Crippen molar-refractivity contribution in [2.75, 3.05) is 5.75 Å². The van der Waals surface area contributed by atoms with Gasteiger partial charge in [-0.3, -0.25) is 9.19 Å². The second kappa shape index (κ2) is 5.68. The molecular weight excluding hydrogens is 367 g/mol. The van der Waals surface area contributed by atoms with Gasteiger partial charge in [-0.15, -0.1) is 0 Å². The summed E-state index contributed by atoms with van der Waals surface area (Å²) in [6.07, 6.45) is 2.54. The van der Waals surface area contributed by atoms with E-state index in [0.717, 1.165) is 0 Å². The summed E-state index contributed by atoms with van der Waals surface area (Å²) in [7, 11) is -1.13. The van der Waals surface area contributed by atoms with Crippen LogP contribution in [-0.2, 0) is 16.2 Å². The molecule has 1 saturated carbocycles. The Labute approximate surface area is 141 Å². The second-order valence-electron chi connectivity index (χ2n) is 7.39. The van der Waals surface area contributed by atoms with Crippen LogP contribution in [0.1, 0.15) is 46.2 Å². The van der Waals surface area contributed by atoms with Crippen molar-refractivity contribution in [3.63, 3.8) is 0 Å². The van der Waals surface area contributed by atoms with Gasteiger partial charge in [-0.2, -0.15) is 5.26 Å². The van der Waals surface area contributed by atoms with E-state index < -0.39 is 27.4 Å². The maximum atomic E-state index is 14.4. The molecule has 0 saturated heterocycles. The van der Waals surface area contributed by atoms with E-state index >= 15 is 0 Å². The van der Waals surface area contributed by atoms with E-state index in [0.29, 0.717) is 28.8 Å². The molecule has 1 fully saturated rings. The minimum absolute atomic E-state index is 0.333. The fourth-order valence-corrected chi connectivity index (χ4v) is 4.71. The van der Waals surface area contributed by atoms with Gasteiger partial charge >= 0.3 is 0 Å². The van der Waals surface area contributed by atoms with Crippen LogP contribution in [0.3, 0.4) is 0 Å². The van der Waals surface area contributed by atoms with Gasteiger partial charge in [-0.05, 0) is 62.5 Å². The molecule has 22 heavy (non-hydrogen) atoms. The zero-order valence-corrected chi connectivity index (χ0v) is 15.6. The van der Waals surface area contributed by atoms with Gasteiger partial charge in [0.1, 0.15) is 5.82 Å². The number of rotatable bonds is 3. The van der Waals surface area contributed by atoms with Gasteiger partial charge in [0.15, 0.2) is 0 Å². The van der Waals surface area contributed by atoms with E-state index in [2.05, 4.69) is 27.0 Å². The van der Waals surface area contributed by atoms with Crippen LogP contribution in [0.15, 0.2) is 16.7 Å². The molecule has 0 aliphatic heterocycles. The van der Waals surface area contributed by atoms with E-state index in [4.69, 9.17) is 0 Å². The van der Waals surface area contributed by atoms with Crippen LogP contribution in [0, 0.1) is 22.6 Å². The number of nitrogens with zero attached hydrogens (tertiary/aromatic N) is 2. The van der Waals surface area contributed by atoms with E-state index in [1.807, 2.05) is 27.7 Å². The van der Waals surface area contributed by atoms with Crippen LogP contribution in [0.5, 0.6) is 0 Å². The largest absolute Gasteiger partial charge is 0.259 e. The summed E-state index contributed by atoms with van der Waals surface area (Å²) in [4.78, 5) is 4.24. The molecule has 0 N–H and O–H groups in total. The average molecular weight is 387 g/mol. The summed E-state index contributed by atoms with van der Waals surface area (Å²) in [5.41, 5.74) is -0.780. The normalized spacial score (nSPS) is 29.5. The minimum Gasteiger partial charge on any atom is -0.259 e. The molecule has 1 heterocycles. The van der Waals surface area contributed by atoms with Crippen molar-refractivity contribution in [3.05, 3.63) is 28.2 Å². The van der Waals surface area contributed by atoms with Crippen molar-refractivity contribution < 1.29 is 8.60 Å². The smallest absolute Gasteiger partial charge is 0.146 e. The molecule has 3 nitrogen and oxygen atoms in total. The van der Waals surface area contributed by atoms with Crippen LogP contribution in [0.25, 0.3) is 0 Å². The quantitative estimate of drug-likeness (QED) is 0.785. The molecule has 0 bridgehead atoms. The average Bonchev–Trinajstić information content (AvgIpc) is 2.35. The van der Waals surface area contributed by atoms with Gasteiger partial charge in [0.2, 0.25) is 0 Å². The Morgan fingerprint density at radius 1 is 1.50 bits per heavy atom. The number of halogens is 2. The first-order valence-corrected chi connectivity index (χ1v) is 9.24. The summed E-state index contributed by atoms with van der Waals surface area (Å²) >= 11 is 3.21. The summed E-state index contributed by atoms with van der Waals surface area (Å²) in [5, 5.41) is 9.28. The number of hydrogen-bond donors (Lipinski definition) is 0. The first kappa shape index (κ1) is 17.6. The van der Waals surface area contributed by atoms with Gasteiger partial charge < -0.3 is 0 Å². The molecule has 0 amide bonds. The van der Waals surface area contributed by atoms with Crippen molar-refractivity contribution in [2.24, 2.45) is 5.41 Å². The Balaban J connectivity index is 2.41. The van der Waals surface area contributed by atoms with E-state index in [1.165, 1.54) is 6.07 Å². The lowest BCUT2D eigenvalue weighted by Crippen LogP contribution is -2.53. The predicted molar refractivity (Wildman–Crippen MR) is 89.3 cm³/mol. The van der Waals surface area contributed by atoms with Crippen molar-refractivity contribution >= 4 is 26.7 Å². The third-order valence-electron chi connectivity index (χ3n) is 4.13. The monoisotopic (exact) mass is 386 g/mol. The highest BCUT2D eigenvalue weighted by Gasteiger charge is 2.56. The SMILES string of the molecule is CC1(C#N)CC(C[S@](=O)C(C)(C)C)(c2ncc(Br)cc2F)C1. The fraction of sp³-hybridized carbons (Fsp3) is 0.625. The van der Waals surface area contributed by atoms with Crippen LogP contribution in [-0.4, -0.2) is 19.7 Å². The summed E-state index contributed by atoms with van der Waals surface area (Å²) in [6, 6.07) is 3.67. The predicted octanol–water partition coefficient (Wildman–Crippen LogP) is 4.09. The lowest BCUT2D eigenvalue weighted by Gasteiger charge is -2.51. The highest BCUT2D eigenvalue weighted by Crippen LogP contribution is 2.56. The Morgan fingerprint density at radius 2 is 2.09 bits per heavy atom. The Hall–Kier alpha value is -0.800. The van der Waals surface area contributed by atoms with E-state index in [1.54, 1.807) is 6.20 Å². The van der Waals surface area contributed by atoms with Gasteiger partial charge in [0, 0.05) is 37.4 Å². The minimum atomic E-state index is -1.13. The lowest BCUT2D eigenvalue weighted by atomic mass is 9.53. The van der Waals surface area contributed by atoms with Gasteiger partial charge in [0.05, 0.1) is 17.2 Å². The Kier molecular flexibility index (Phi) is 4.53. The molecule has 0 radical (unpaired) electrons. The standard InChI is InChI=1S/C16H20BrFN2OS/c1-14(2,3)22(21)10-16(7-15(4,8-16)9-19)13-12(18)5-11(17)6-20-13/h5-6H,7-8,10H2,1-4H3/t15?,16?,22-/m0/s1. The van der Waals surface area contributed by atoms with Gasteiger partial charge in [-0.1, -0.05) is 0 Å². The zero-order chi connectivity index (χ0) is 16.8. The van der Waals surface area contributed by atoms with Crippen molar-refractivity contribution in [1.29, 1.82) is 5.26 Å². The van der Waals surface area contributed by atoms with Crippen LogP contribution in [0.4, 0.5) is 4.39 Å². The highest BCUT2D eigenvalue weighted by molar-refractivity contribution is 9.10. The number of aromatic nitrogens is 1. The summed E-state index contributed by atoms with van der Waals surface area (Å²) in [5.74, 6) is -0.0699. The van der Waals surface area contributed by atoms with E-state index in [-0.39, 0.29) is 4.75 Å². The fourth-order valence-electron chi connectivity index (χ4n) is 3.13. The molecule has 1 aliphatic rings. The number of pyridine rings is 1. The number of hydrogen-bond acceptors (Lipinski definition) is 3. The molecule has 2 rings (SSSR count). The lowest BCUT2D eigenvalue weighted by molar-refractivity contribution is 0.104. The highest BCUT2D eigenvalue weighted by atomic mass is 79.9. The van der Waals surface area contributed by atoms with Gasteiger partial charge in [0.25, 0.3) is 0 Å². The molecule has 0 spiro atoms. The first-order chi connectivity index (χ1) is 10.0. The van der Waals surface area contributed by atoms with Crippen molar-refractivity contribution in [1.82, 2.24) is 4.98 Å². The summed E-state index contributed by atoms with van der Waals surface area (Å²) in [6.45, 7) is 7.58. The maximum absolute atomic E-state index is 14.4. The zero-order valence-electron chi connectivity index (χ0n) is 13.2. The molecule has 1 atom stereocenters. The molecule has 120 valence electrons.